The molecule has 0 saturated carbocycles. The molecule has 1 aliphatic rings. The number of hydrogen-bond acceptors (Lipinski definition) is 7. The van der Waals surface area contributed by atoms with Gasteiger partial charge in [0.1, 0.15) is 29.9 Å². The van der Waals surface area contributed by atoms with Gasteiger partial charge in [0.15, 0.2) is 5.82 Å². The van der Waals surface area contributed by atoms with E-state index in [0.717, 1.165) is 30.3 Å². The molecule has 0 radical (unpaired) electrons. The molecular formula is C24H26ClFN6O2. The average molecular weight is 485 g/mol. The van der Waals surface area contributed by atoms with E-state index in [4.69, 9.17) is 9.15 Å². The molecule has 8 nitrogen and oxygen atoms in total. The summed E-state index contributed by atoms with van der Waals surface area (Å²) in [7, 11) is 1.68. The van der Waals surface area contributed by atoms with E-state index in [1.165, 1.54) is 6.07 Å². The lowest BCUT2D eigenvalue weighted by molar-refractivity contribution is 0.197. The van der Waals surface area contributed by atoms with Crippen molar-refractivity contribution >= 4 is 18.1 Å². The summed E-state index contributed by atoms with van der Waals surface area (Å²) in [6, 6.07) is 18.1. The van der Waals surface area contributed by atoms with Crippen molar-refractivity contribution in [2.24, 2.45) is 0 Å². The maximum atomic E-state index is 15.0. The van der Waals surface area contributed by atoms with Crippen LogP contribution >= 0.6 is 12.4 Å². The number of aromatic nitrogens is 4. The Kier molecular flexibility index (Phi) is 7.44. The van der Waals surface area contributed by atoms with Crippen LogP contribution in [-0.4, -0.2) is 58.4 Å². The second-order valence-electron chi connectivity index (χ2n) is 7.89. The summed E-state index contributed by atoms with van der Waals surface area (Å²) in [6.45, 7) is 3.34. The number of para-hydroxylation sites is 2. The zero-order valence-electron chi connectivity index (χ0n) is 18.7. The van der Waals surface area contributed by atoms with Crippen LogP contribution in [0.4, 0.5) is 10.1 Å². The van der Waals surface area contributed by atoms with E-state index in [2.05, 4.69) is 31.4 Å². The van der Waals surface area contributed by atoms with Gasteiger partial charge >= 0.3 is 0 Å². The molecule has 34 heavy (non-hydrogen) atoms. The number of tetrazole rings is 1. The summed E-state index contributed by atoms with van der Waals surface area (Å²) >= 11 is 0. The fourth-order valence-corrected chi connectivity index (χ4v) is 4.38. The highest BCUT2D eigenvalue weighted by atomic mass is 35.5. The van der Waals surface area contributed by atoms with Gasteiger partial charge < -0.3 is 14.1 Å². The molecule has 0 N–H and O–H groups in total. The smallest absolute Gasteiger partial charge is 0.173 e. The van der Waals surface area contributed by atoms with Gasteiger partial charge in [-0.15, -0.1) is 17.5 Å². The number of halogens is 2. The van der Waals surface area contributed by atoms with Crippen molar-refractivity contribution in [2.75, 3.05) is 38.2 Å². The maximum Gasteiger partial charge on any atom is 0.173 e. The van der Waals surface area contributed by atoms with Gasteiger partial charge in [0.2, 0.25) is 0 Å². The number of benzene rings is 2. The van der Waals surface area contributed by atoms with Crippen LogP contribution in [0.25, 0.3) is 0 Å². The third-order valence-electron chi connectivity index (χ3n) is 5.99. The number of rotatable bonds is 7. The van der Waals surface area contributed by atoms with Gasteiger partial charge in [-0.3, -0.25) is 4.90 Å². The highest BCUT2D eigenvalue weighted by Crippen LogP contribution is 2.33. The topological polar surface area (TPSA) is 72.5 Å². The molecule has 5 rings (SSSR count). The molecule has 1 fully saturated rings. The van der Waals surface area contributed by atoms with E-state index in [9.17, 15) is 4.39 Å². The number of methoxy groups -OCH3 is 1. The SMILES string of the molecule is COc1ccccc1N1CCN(C(c2ccccc2F)c2nnnn2Cc2ccco2)CC1.Cl. The first-order valence-electron chi connectivity index (χ1n) is 10.9. The molecule has 3 heterocycles. The lowest BCUT2D eigenvalue weighted by atomic mass is 10.0. The Balaban J connectivity index is 0.00000274. The standard InChI is InChI=1S/C24H25FN6O2.ClH/c1-32-22-11-5-4-10-21(22)29-12-14-30(15-13-29)23(19-8-2-3-9-20(19)25)24-26-27-28-31(24)17-18-7-6-16-33-18;/h2-11,16,23H,12-15,17H2,1H3;1H. The van der Waals surface area contributed by atoms with Crippen LogP contribution in [0.5, 0.6) is 5.75 Å². The Morgan fingerprint density at radius 2 is 1.76 bits per heavy atom. The highest BCUT2D eigenvalue weighted by molar-refractivity contribution is 5.85. The Labute approximate surface area is 203 Å². The van der Waals surface area contributed by atoms with Crippen LogP contribution in [0.15, 0.2) is 71.3 Å². The summed E-state index contributed by atoms with van der Waals surface area (Å²) < 4.78 is 27.7. The van der Waals surface area contributed by atoms with E-state index in [1.54, 1.807) is 30.2 Å². The Bertz CT molecular complexity index is 1190. The molecule has 178 valence electrons. The van der Waals surface area contributed by atoms with Gasteiger partial charge in [-0.25, -0.2) is 9.07 Å². The summed E-state index contributed by atoms with van der Waals surface area (Å²) in [5.74, 6) is 1.89. The van der Waals surface area contributed by atoms with Crippen molar-refractivity contribution in [3.8, 4) is 5.75 Å². The molecular weight excluding hydrogens is 459 g/mol. The average Bonchev–Trinajstić information content (AvgIpc) is 3.54. The molecule has 2 aromatic heterocycles. The zero-order valence-corrected chi connectivity index (χ0v) is 19.6. The zero-order chi connectivity index (χ0) is 22.6. The van der Waals surface area contributed by atoms with Crippen molar-refractivity contribution in [2.45, 2.75) is 12.6 Å². The predicted octanol–water partition coefficient (Wildman–Crippen LogP) is 3.80. The molecule has 1 unspecified atom stereocenters. The fraction of sp³-hybridized carbons (Fsp3) is 0.292. The van der Waals surface area contributed by atoms with E-state index in [0.29, 0.717) is 31.0 Å². The minimum absolute atomic E-state index is 0. The van der Waals surface area contributed by atoms with Crippen LogP contribution in [0.1, 0.15) is 23.2 Å². The summed E-state index contributed by atoms with van der Waals surface area (Å²) in [4.78, 5) is 4.52. The van der Waals surface area contributed by atoms with E-state index < -0.39 is 6.04 Å². The monoisotopic (exact) mass is 484 g/mol. The lowest BCUT2D eigenvalue weighted by Crippen LogP contribution is -2.48. The van der Waals surface area contributed by atoms with Crippen molar-refractivity contribution in [1.82, 2.24) is 25.1 Å². The quantitative estimate of drug-likeness (QED) is 0.395. The fourth-order valence-electron chi connectivity index (χ4n) is 4.38. The molecule has 2 aromatic carbocycles. The minimum atomic E-state index is -0.420. The van der Waals surface area contributed by atoms with Crippen LogP contribution in [0.2, 0.25) is 0 Å². The van der Waals surface area contributed by atoms with Gasteiger partial charge in [0.25, 0.3) is 0 Å². The van der Waals surface area contributed by atoms with Gasteiger partial charge in [-0.05, 0) is 40.8 Å². The molecule has 1 aliphatic heterocycles. The molecule has 0 aliphatic carbocycles. The van der Waals surface area contributed by atoms with Crippen LogP contribution in [0.3, 0.4) is 0 Å². The van der Waals surface area contributed by atoms with E-state index in [1.807, 2.05) is 36.4 Å². The van der Waals surface area contributed by atoms with Crippen molar-refractivity contribution < 1.29 is 13.5 Å². The van der Waals surface area contributed by atoms with Crippen LogP contribution < -0.4 is 9.64 Å². The van der Waals surface area contributed by atoms with Crippen LogP contribution in [0, 0.1) is 5.82 Å². The first-order chi connectivity index (χ1) is 16.2. The maximum absolute atomic E-state index is 15.0. The highest BCUT2D eigenvalue weighted by Gasteiger charge is 2.33. The van der Waals surface area contributed by atoms with Crippen molar-refractivity contribution in [3.63, 3.8) is 0 Å². The van der Waals surface area contributed by atoms with Gasteiger partial charge in [-0.1, -0.05) is 30.3 Å². The normalized spacial score (nSPS) is 15.1. The third kappa shape index (κ3) is 4.76. The third-order valence-corrected chi connectivity index (χ3v) is 5.99. The Morgan fingerprint density at radius 3 is 2.50 bits per heavy atom. The minimum Gasteiger partial charge on any atom is -0.495 e. The number of nitrogens with zero attached hydrogens (tertiary/aromatic N) is 6. The largest absolute Gasteiger partial charge is 0.495 e. The van der Waals surface area contributed by atoms with Crippen molar-refractivity contribution in [1.29, 1.82) is 0 Å². The first-order valence-corrected chi connectivity index (χ1v) is 10.9. The number of ether oxygens (including phenoxy) is 1. The van der Waals surface area contributed by atoms with Crippen LogP contribution in [-0.2, 0) is 6.54 Å². The number of anilines is 1. The molecule has 0 amide bonds. The molecule has 10 heteroatoms. The second kappa shape index (κ2) is 10.7. The number of hydrogen-bond donors (Lipinski definition) is 0. The molecule has 0 spiro atoms. The number of furan rings is 1. The van der Waals surface area contributed by atoms with Gasteiger partial charge in [0, 0.05) is 31.7 Å². The van der Waals surface area contributed by atoms with Crippen molar-refractivity contribution in [3.05, 3.63) is 89.9 Å². The summed E-state index contributed by atoms with van der Waals surface area (Å²) in [6.07, 6.45) is 1.62. The summed E-state index contributed by atoms with van der Waals surface area (Å²) in [5.41, 5.74) is 1.61. The first kappa shape index (κ1) is 23.7. The van der Waals surface area contributed by atoms with E-state index >= 15 is 0 Å². The molecule has 1 atom stereocenters. The Hall–Kier alpha value is -3.43. The second-order valence-corrected chi connectivity index (χ2v) is 7.89. The lowest BCUT2D eigenvalue weighted by Gasteiger charge is -2.40. The van der Waals surface area contributed by atoms with E-state index in [-0.39, 0.29) is 18.2 Å². The Morgan fingerprint density at radius 1 is 1.00 bits per heavy atom. The predicted molar refractivity (Wildman–Crippen MR) is 128 cm³/mol. The van der Waals surface area contributed by atoms with Gasteiger partial charge in [0.05, 0.1) is 19.1 Å². The number of piperazine rings is 1. The van der Waals surface area contributed by atoms with Gasteiger partial charge in [-0.2, -0.15) is 0 Å². The molecule has 1 saturated heterocycles. The summed E-state index contributed by atoms with van der Waals surface area (Å²) in [5, 5.41) is 12.4. The molecule has 0 bridgehead atoms. The molecule has 4 aromatic rings.